The van der Waals surface area contributed by atoms with Crippen LogP contribution in [0.5, 0.6) is 23.0 Å². The van der Waals surface area contributed by atoms with E-state index in [1.807, 2.05) is 133 Å². The topological polar surface area (TPSA) is 36.9 Å². The van der Waals surface area contributed by atoms with Crippen LogP contribution < -0.4 is 13.0 Å². The van der Waals surface area contributed by atoms with Gasteiger partial charge < -0.3 is 0 Å². The molecule has 38 heavy (non-hydrogen) atoms. The summed E-state index contributed by atoms with van der Waals surface area (Å²) in [5, 5.41) is 1.95. The normalized spacial score (nSPS) is 12.4. The molecule has 4 aromatic rings. The standard InChI is InChI=1S/4C8H10O.CH3.Ta/c4*1-6-4-3-5-7(2)8(6)9;;/h4*3-5,9H,1-2H3;1H3;/q;;;;;+4/p-4. The van der Waals surface area contributed by atoms with Gasteiger partial charge in [-0.2, -0.15) is 0 Å². The average Bonchev–Trinajstić information content (AvgIpc) is 2.85. The maximum absolute atomic E-state index is 7.14. The number of benzene rings is 4. The van der Waals surface area contributed by atoms with Gasteiger partial charge in [0.25, 0.3) is 0 Å². The molecule has 0 bridgehead atoms. The number of para-hydroxylation sites is 4. The van der Waals surface area contributed by atoms with Crippen molar-refractivity contribution in [1.29, 1.82) is 0 Å². The molecule has 0 heterocycles. The van der Waals surface area contributed by atoms with Gasteiger partial charge in [-0.15, -0.1) is 0 Å². The summed E-state index contributed by atoms with van der Waals surface area (Å²) in [6.07, 6.45) is 0. The third-order valence-corrected chi connectivity index (χ3v) is 15.3. The maximum atomic E-state index is 7.14. The minimum atomic E-state index is -5.85. The predicted octanol–water partition coefficient (Wildman–Crippen LogP) is 9.17. The van der Waals surface area contributed by atoms with E-state index in [-0.39, 0.29) is 0 Å². The molecule has 4 rings (SSSR count). The molecular weight excluding hydrogens is 641 g/mol. The predicted molar refractivity (Wildman–Crippen MR) is 152 cm³/mol. The third-order valence-electron chi connectivity index (χ3n) is 6.81. The summed E-state index contributed by atoms with van der Waals surface area (Å²) in [5.74, 6) is 2.91. The Hall–Kier alpha value is -3.18. The van der Waals surface area contributed by atoms with Crippen molar-refractivity contribution in [2.24, 2.45) is 0 Å². The van der Waals surface area contributed by atoms with Crippen LogP contribution in [0.1, 0.15) is 44.5 Å². The summed E-state index contributed by atoms with van der Waals surface area (Å²) in [4.78, 5) is 0. The van der Waals surface area contributed by atoms with E-state index in [9.17, 15) is 0 Å². The fourth-order valence-electron chi connectivity index (χ4n) is 4.70. The van der Waals surface area contributed by atoms with Crippen LogP contribution in [-0.4, -0.2) is 0 Å². The van der Waals surface area contributed by atoms with E-state index in [1.54, 1.807) is 0 Å². The van der Waals surface area contributed by atoms with Crippen LogP contribution in [0.2, 0.25) is 5.14 Å². The zero-order chi connectivity index (χ0) is 27.7. The molecular formula is C33H39O4Ta. The van der Waals surface area contributed by atoms with Crippen molar-refractivity contribution in [2.75, 3.05) is 0 Å². The van der Waals surface area contributed by atoms with Crippen LogP contribution >= 0.6 is 0 Å². The number of rotatable bonds is 8. The first kappa shape index (κ1) is 27.8. The first-order valence-corrected chi connectivity index (χ1v) is 21.4. The van der Waals surface area contributed by atoms with E-state index in [0.717, 1.165) is 67.5 Å². The van der Waals surface area contributed by atoms with Crippen LogP contribution in [0, 0.1) is 55.4 Å². The van der Waals surface area contributed by atoms with Gasteiger partial charge in [0, 0.05) is 0 Å². The van der Waals surface area contributed by atoms with Crippen LogP contribution in [0.4, 0.5) is 0 Å². The van der Waals surface area contributed by atoms with Crippen LogP contribution in [-0.2, 0) is 17.4 Å². The Morgan fingerprint density at radius 3 is 0.658 bits per heavy atom. The van der Waals surface area contributed by atoms with Crippen molar-refractivity contribution in [3.63, 3.8) is 0 Å². The molecule has 0 spiro atoms. The van der Waals surface area contributed by atoms with Gasteiger partial charge in [0.1, 0.15) is 0 Å². The van der Waals surface area contributed by atoms with E-state index in [0.29, 0.717) is 0 Å². The van der Waals surface area contributed by atoms with Crippen molar-refractivity contribution < 1.29 is 30.4 Å². The second-order valence-electron chi connectivity index (χ2n) is 10.4. The Kier molecular flexibility index (Phi) is 7.72. The van der Waals surface area contributed by atoms with Crippen molar-refractivity contribution in [3.05, 3.63) is 117 Å². The minimum absolute atomic E-state index is 0.728. The molecule has 0 aliphatic rings. The summed E-state index contributed by atoms with van der Waals surface area (Å²) in [6.45, 7) is 16.3. The Bertz CT molecular complexity index is 1180. The Labute approximate surface area is 230 Å². The van der Waals surface area contributed by atoms with Gasteiger partial charge in [0.2, 0.25) is 0 Å². The average molecular weight is 681 g/mol. The van der Waals surface area contributed by atoms with Crippen LogP contribution in [0.15, 0.2) is 72.8 Å². The molecule has 4 nitrogen and oxygen atoms in total. The Morgan fingerprint density at radius 1 is 0.342 bits per heavy atom. The Morgan fingerprint density at radius 2 is 0.500 bits per heavy atom. The van der Waals surface area contributed by atoms with E-state index < -0.39 is 17.4 Å². The molecule has 5 heteroatoms. The van der Waals surface area contributed by atoms with Gasteiger partial charge in [0.15, 0.2) is 0 Å². The first-order chi connectivity index (χ1) is 17.9. The molecule has 0 saturated heterocycles. The van der Waals surface area contributed by atoms with Crippen molar-refractivity contribution in [3.8, 4) is 23.0 Å². The van der Waals surface area contributed by atoms with Gasteiger partial charge >= 0.3 is 231 Å². The van der Waals surface area contributed by atoms with Gasteiger partial charge in [-0.05, 0) is 0 Å². The van der Waals surface area contributed by atoms with Gasteiger partial charge in [-0.25, -0.2) is 0 Å². The molecule has 0 atom stereocenters. The molecule has 0 aromatic heterocycles. The SMILES string of the molecule is Cc1cccc(C)c1[O][Ta]([CH3])([O]c1c(C)cccc1C)([O]c1c(C)cccc1C)[O]c1c(C)cccc1C. The fourth-order valence-corrected chi connectivity index (χ4v) is 15.5. The van der Waals surface area contributed by atoms with Crippen molar-refractivity contribution in [1.82, 2.24) is 0 Å². The van der Waals surface area contributed by atoms with E-state index in [2.05, 4.69) is 0 Å². The fraction of sp³-hybridized carbons (Fsp3) is 0.273. The monoisotopic (exact) mass is 680 g/mol. The van der Waals surface area contributed by atoms with Gasteiger partial charge in [-0.1, -0.05) is 0 Å². The van der Waals surface area contributed by atoms with E-state index >= 15 is 0 Å². The third kappa shape index (κ3) is 5.63. The molecule has 0 unspecified atom stereocenters. The summed E-state index contributed by atoms with van der Waals surface area (Å²) in [6, 6.07) is 24.5. The number of hydrogen-bond donors (Lipinski definition) is 0. The summed E-state index contributed by atoms with van der Waals surface area (Å²) >= 11 is -5.85. The molecule has 0 N–H and O–H groups in total. The zero-order valence-electron chi connectivity index (χ0n) is 24.0. The number of aryl methyl sites for hydroxylation is 8. The molecule has 200 valence electrons. The molecule has 0 aliphatic carbocycles. The summed E-state index contributed by atoms with van der Waals surface area (Å²) in [5.41, 5.74) is 7.95. The van der Waals surface area contributed by atoms with Crippen molar-refractivity contribution in [2.45, 2.75) is 60.5 Å². The van der Waals surface area contributed by atoms with Crippen LogP contribution in [0.3, 0.4) is 0 Å². The molecule has 0 fully saturated rings. The van der Waals surface area contributed by atoms with Crippen LogP contribution in [0.25, 0.3) is 0 Å². The van der Waals surface area contributed by atoms with E-state index in [4.69, 9.17) is 13.0 Å². The zero-order valence-corrected chi connectivity index (χ0v) is 27.2. The number of hydrogen-bond acceptors (Lipinski definition) is 4. The molecule has 0 radical (unpaired) electrons. The summed E-state index contributed by atoms with van der Waals surface area (Å²) in [7, 11) is 0. The van der Waals surface area contributed by atoms with Gasteiger partial charge in [-0.3, -0.25) is 0 Å². The second-order valence-corrected chi connectivity index (χ2v) is 21.5. The molecule has 4 aromatic carbocycles. The quantitative estimate of drug-likeness (QED) is 0.186. The molecule has 0 aliphatic heterocycles. The van der Waals surface area contributed by atoms with Crippen molar-refractivity contribution >= 4 is 0 Å². The summed E-state index contributed by atoms with van der Waals surface area (Å²) < 4.78 is 28.6. The first-order valence-electron chi connectivity index (χ1n) is 13.0. The van der Waals surface area contributed by atoms with Gasteiger partial charge in [0.05, 0.1) is 0 Å². The molecule has 0 saturated carbocycles. The molecule has 0 amide bonds. The van der Waals surface area contributed by atoms with E-state index in [1.165, 1.54) is 0 Å². The Balaban J connectivity index is 2.05. The second kappa shape index (κ2) is 10.5.